The van der Waals surface area contributed by atoms with Crippen LogP contribution in [-0.2, 0) is 4.79 Å². The van der Waals surface area contributed by atoms with Crippen molar-refractivity contribution < 1.29 is 9.53 Å². The van der Waals surface area contributed by atoms with E-state index < -0.39 is 0 Å². The van der Waals surface area contributed by atoms with E-state index in [2.05, 4.69) is 12.2 Å². The monoisotopic (exact) mass is 320 g/mol. The zero-order valence-corrected chi connectivity index (χ0v) is 14.1. The maximum Gasteiger partial charge on any atom is 0.219 e. The van der Waals surface area contributed by atoms with Gasteiger partial charge in [0, 0.05) is 32.1 Å². The lowest BCUT2D eigenvalue weighted by atomic mass is 10.2. The minimum Gasteiger partial charge on any atom is -0.494 e. The van der Waals surface area contributed by atoms with E-state index in [1.807, 2.05) is 17.0 Å². The third kappa shape index (κ3) is 7.65. The standard InChI is InChI=1S/C17H28N4O2/c1-3-10-21(14(2)22)11-9-20-8-5-12-23-16-7-4-6-15(13-16)17(18)19/h4,6-7,13,20H,3,5,8-12H2,1-2H3,(H3,18,19). The summed E-state index contributed by atoms with van der Waals surface area (Å²) in [6, 6.07) is 7.24. The minimum atomic E-state index is 0.0409. The molecule has 0 aliphatic heterocycles. The number of benzene rings is 1. The highest BCUT2D eigenvalue weighted by atomic mass is 16.5. The summed E-state index contributed by atoms with van der Waals surface area (Å²) in [6.07, 6.45) is 1.85. The largest absolute Gasteiger partial charge is 0.494 e. The third-order valence-electron chi connectivity index (χ3n) is 3.41. The van der Waals surface area contributed by atoms with Gasteiger partial charge in [-0.25, -0.2) is 0 Å². The number of carbonyl (C=O) groups excluding carboxylic acids is 1. The summed E-state index contributed by atoms with van der Waals surface area (Å²) in [6.45, 7) is 7.46. The number of hydrogen-bond donors (Lipinski definition) is 3. The van der Waals surface area contributed by atoms with E-state index in [4.69, 9.17) is 15.9 Å². The Morgan fingerprint density at radius 1 is 1.35 bits per heavy atom. The molecule has 0 saturated heterocycles. The minimum absolute atomic E-state index is 0.0409. The lowest BCUT2D eigenvalue weighted by Gasteiger charge is -2.20. The molecule has 6 nitrogen and oxygen atoms in total. The van der Waals surface area contributed by atoms with E-state index in [1.54, 1.807) is 19.1 Å². The molecule has 0 radical (unpaired) electrons. The van der Waals surface area contributed by atoms with Crippen LogP contribution in [0, 0.1) is 5.41 Å². The fourth-order valence-corrected chi connectivity index (χ4v) is 2.18. The van der Waals surface area contributed by atoms with Gasteiger partial charge in [0.15, 0.2) is 0 Å². The van der Waals surface area contributed by atoms with Gasteiger partial charge in [0.25, 0.3) is 0 Å². The van der Waals surface area contributed by atoms with Crippen LogP contribution in [0.15, 0.2) is 24.3 Å². The number of ether oxygens (including phenoxy) is 1. The number of amidine groups is 1. The molecule has 0 spiro atoms. The molecule has 1 amide bonds. The second kappa shape index (κ2) is 10.6. The third-order valence-corrected chi connectivity index (χ3v) is 3.41. The Bertz CT molecular complexity index is 505. The first kappa shape index (κ1) is 19.0. The molecular formula is C17H28N4O2. The highest BCUT2D eigenvalue weighted by Gasteiger charge is 2.05. The first-order chi connectivity index (χ1) is 11.0. The summed E-state index contributed by atoms with van der Waals surface area (Å²) in [4.78, 5) is 13.2. The van der Waals surface area contributed by atoms with Gasteiger partial charge in [0.2, 0.25) is 5.91 Å². The predicted molar refractivity (Wildman–Crippen MR) is 93.0 cm³/mol. The lowest BCUT2D eigenvalue weighted by Crippen LogP contribution is -2.36. The van der Waals surface area contributed by atoms with Crippen molar-refractivity contribution in [2.24, 2.45) is 5.73 Å². The van der Waals surface area contributed by atoms with Crippen LogP contribution in [0.4, 0.5) is 0 Å². The molecule has 0 aliphatic carbocycles. The molecule has 23 heavy (non-hydrogen) atoms. The van der Waals surface area contributed by atoms with Crippen LogP contribution in [-0.4, -0.2) is 49.4 Å². The number of carbonyl (C=O) groups is 1. The Kier molecular flexibility index (Phi) is 8.75. The average molecular weight is 320 g/mol. The number of rotatable bonds is 11. The van der Waals surface area contributed by atoms with Crippen molar-refractivity contribution in [2.45, 2.75) is 26.7 Å². The quantitative estimate of drug-likeness (QED) is 0.328. The molecule has 128 valence electrons. The van der Waals surface area contributed by atoms with Crippen molar-refractivity contribution in [2.75, 3.05) is 32.8 Å². The topological polar surface area (TPSA) is 91.4 Å². The number of hydrogen-bond acceptors (Lipinski definition) is 4. The summed E-state index contributed by atoms with van der Waals surface area (Å²) in [5, 5.41) is 10.7. The number of nitrogens with zero attached hydrogens (tertiary/aromatic N) is 1. The summed E-state index contributed by atoms with van der Waals surface area (Å²) >= 11 is 0. The van der Waals surface area contributed by atoms with Crippen molar-refractivity contribution >= 4 is 11.7 Å². The zero-order chi connectivity index (χ0) is 17.1. The van der Waals surface area contributed by atoms with Gasteiger partial charge >= 0.3 is 0 Å². The van der Waals surface area contributed by atoms with Gasteiger partial charge in [0.1, 0.15) is 11.6 Å². The molecule has 0 saturated carbocycles. The van der Waals surface area contributed by atoms with Crippen molar-refractivity contribution in [1.82, 2.24) is 10.2 Å². The van der Waals surface area contributed by atoms with Crippen LogP contribution in [0.5, 0.6) is 5.75 Å². The van der Waals surface area contributed by atoms with E-state index >= 15 is 0 Å². The molecule has 0 unspecified atom stereocenters. The molecule has 4 N–H and O–H groups in total. The Labute approximate surface area is 138 Å². The Balaban J connectivity index is 2.15. The fourth-order valence-electron chi connectivity index (χ4n) is 2.18. The van der Waals surface area contributed by atoms with Crippen LogP contribution in [0.3, 0.4) is 0 Å². The number of nitrogens with two attached hydrogens (primary N) is 1. The first-order valence-electron chi connectivity index (χ1n) is 8.08. The predicted octanol–water partition coefficient (Wildman–Crippen LogP) is 1.59. The summed E-state index contributed by atoms with van der Waals surface area (Å²) in [5.41, 5.74) is 6.12. The van der Waals surface area contributed by atoms with Crippen LogP contribution >= 0.6 is 0 Å². The maximum absolute atomic E-state index is 11.4. The molecule has 1 aromatic rings. The smallest absolute Gasteiger partial charge is 0.219 e. The van der Waals surface area contributed by atoms with Crippen LogP contribution in [0.1, 0.15) is 32.3 Å². The fraction of sp³-hybridized carbons (Fsp3) is 0.529. The van der Waals surface area contributed by atoms with Crippen molar-refractivity contribution in [3.8, 4) is 5.75 Å². The van der Waals surface area contributed by atoms with Gasteiger partial charge in [-0.15, -0.1) is 0 Å². The van der Waals surface area contributed by atoms with Gasteiger partial charge in [0.05, 0.1) is 6.61 Å². The second-order valence-electron chi connectivity index (χ2n) is 5.40. The maximum atomic E-state index is 11.4. The van der Waals surface area contributed by atoms with Crippen molar-refractivity contribution in [3.05, 3.63) is 29.8 Å². The van der Waals surface area contributed by atoms with E-state index in [-0.39, 0.29) is 11.7 Å². The van der Waals surface area contributed by atoms with Gasteiger partial charge in [-0.1, -0.05) is 19.1 Å². The van der Waals surface area contributed by atoms with Crippen LogP contribution < -0.4 is 15.8 Å². The van der Waals surface area contributed by atoms with Gasteiger partial charge in [-0.3, -0.25) is 10.2 Å². The van der Waals surface area contributed by atoms with E-state index in [1.165, 1.54) is 0 Å². The molecule has 0 heterocycles. The normalized spacial score (nSPS) is 10.3. The van der Waals surface area contributed by atoms with Crippen molar-refractivity contribution in [3.63, 3.8) is 0 Å². The first-order valence-corrected chi connectivity index (χ1v) is 8.08. The molecule has 1 rings (SSSR count). The molecule has 0 aliphatic rings. The number of nitrogen functional groups attached to an aromatic ring is 1. The highest BCUT2D eigenvalue weighted by Crippen LogP contribution is 2.12. The van der Waals surface area contributed by atoms with Crippen molar-refractivity contribution in [1.29, 1.82) is 5.41 Å². The van der Waals surface area contributed by atoms with E-state index in [0.717, 1.165) is 44.8 Å². The highest BCUT2D eigenvalue weighted by molar-refractivity contribution is 5.95. The van der Waals surface area contributed by atoms with Gasteiger partial charge in [-0.05, 0) is 31.5 Å². The Morgan fingerprint density at radius 2 is 2.13 bits per heavy atom. The van der Waals surface area contributed by atoms with E-state index in [9.17, 15) is 4.79 Å². The van der Waals surface area contributed by atoms with Gasteiger partial charge < -0.3 is 20.7 Å². The molecule has 6 heteroatoms. The Hall–Kier alpha value is -2.08. The summed E-state index contributed by atoms with van der Waals surface area (Å²) in [7, 11) is 0. The Morgan fingerprint density at radius 3 is 2.78 bits per heavy atom. The molecule has 0 atom stereocenters. The molecule has 1 aromatic carbocycles. The molecule has 0 fully saturated rings. The molecule has 0 aromatic heterocycles. The van der Waals surface area contributed by atoms with Gasteiger partial charge in [-0.2, -0.15) is 0 Å². The van der Waals surface area contributed by atoms with Crippen LogP contribution in [0.2, 0.25) is 0 Å². The lowest BCUT2D eigenvalue weighted by molar-refractivity contribution is -0.128. The zero-order valence-electron chi connectivity index (χ0n) is 14.1. The summed E-state index contributed by atoms with van der Waals surface area (Å²) < 4.78 is 5.64. The number of nitrogens with one attached hydrogen (secondary N) is 2. The van der Waals surface area contributed by atoms with Crippen LogP contribution in [0.25, 0.3) is 0 Å². The number of amides is 1. The SMILES string of the molecule is CCCN(CCNCCCOc1cccc(C(=N)N)c1)C(C)=O. The summed E-state index contributed by atoms with van der Waals surface area (Å²) in [5.74, 6) is 0.893. The molecule has 0 bridgehead atoms. The molecular weight excluding hydrogens is 292 g/mol. The average Bonchev–Trinajstić information content (AvgIpc) is 2.53. The second-order valence-corrected chi connectivity index (χ2v) is 5.40. The van der Waals surface area contributed by atoms with E-state index in [0.29, 0.717) is 12.2 Å².